The molecule has 0 spiro atoms. The molecular weight excluding hydrogens is 240 g/mol. The van der Waals surface area contributed by atoms with Gasteiger partial charge in [-0.2, -0.15) is 8.78 Å². The van der Waals surface area contributed by atoms with Crippen LogP contribution < -0.4 is 0 Å². The van der Waals surface area contributed by atoms with E-state index in [-0.39, 0.29) is 12.6 Å². The molecule has 18 heavy (non-hydrogen) atoms. The van der Waals surface area contributed by atoms with Gasteiger partial charge in [0.15, 0.2) is 0 Å². The van der Waals surface area contributed by atoms with Gasteiger partial charge in [0, 0.05) is 18.4 Å². The summed E-state index contributed by atoms with van der Waals surface area (Å²) in [7, 11) is 0. The van der Waals surface area contributed by atoms with E-state index in [1.54, 1.807) is 0 Å². The molecule has 1 fully saturated rings. The SMILES string of the molecule is CC1CCCN(Cc2nccn2C(F)F)C1CO. The highest BCUT2D eigenvalue weighted by molar-refractivity contribution is 4.95. The maximum Gasteiger partial charge on any atom is 0.319 e. The topological polar surface area (TPSA) is 41.3 Å². The van der Waals surface area contributed by atoms with Crippen LogP contribution in [0.15, 0.2) is 12.4 Å². The summed E-state index contributed by atoms with van der Waals surface area (Å²) in [5.41, 5.74) is 0. The summed E-state index contributed by atoms with van der Waals surface area (Å²) in [5.74, 6) is 0.747. The Morgan fingerprint density at radius 3 is 3.00 bits per heavy atom. The van der Waals surface area contributed by atoms with E-state index in [0.29, 0.717) is 18.3 Å². The lowest BCUT2D eigenvalue weighted by Gasteiger charge is -2.38. The molecule has 2 heterocycles. The molecule has 2 unspecified atom stereocenters. The second kappa shape index (κ2) is 5.75. The van der Waals surface area contributed by atoms with Gasteiger partial charge in [-0.1, -0.05) is 6.92 Å². The van der Waals surface area contributed by atoms with Crippen molar-refractivity contribution in [3.63, 3.8) is 0 Å². The maximum atomic E-state index is 12.7. The Bertz CT molecular complexity index is 383. The van der Waals surface area contributed by atoms with Crippen LogP contribution in [-0.4, -0.2) is 38.8 Å². The highest BCUT2D eigenvalue weighted by atomic mass is 19.3. The first kappa shape index (κ1) is 13.4. The Morgan fingerprint density at radius 2 is 2.33 bits per heavy atom. The molecule has 0 saturated carbocycles. The number of rotatable bonds is 4. The maximum absolute atomic E-state index is 12.7. The molecule has 1 aliphatic heterocycles. The number of aromatic nitrogens is 2. The van der Waals surface area contributed by atoms with Gasteiger partial charge in [0.1, 0.15) is 5.82 Å². The Kier molecular flexibility index (Phi) is 4.29. The Morgan fingerprint density at radius 1 is 1.56 bits per heavy atom. The summed E-state index contributed by atoms with van der Waals surface area (Å²) in [6.07, 6.45) is 4.79. The molecule has 0 aliphatic carbocycles. The van der Waals surface area contributed by atoms with E-state index in [2.05, 4.69) is 16.8 Å². The van der Waals surface area contributed by atoms with Crippen LogP contribution in [0.25, 0.3) is 0 Å². The van der Waals surface area contributed by atoms with Gasteiger partial charge in [-0.25, -0.2) is 4.98 Å². The fourth-order valence-corrected chi connectivity index (χ4v) is 2.65. The van der Waals surface area contributed by atoms with Crippen LogP contribution in [0.1, 0.15) is 32.1 Å². The first-order valence-corrected chi connectivity index (χ1v) is 6.28. The van der Waals surface area contributed by atoms with Gasteiger partial charge in [0.05, 0.1) is 13.2 Å². The number of halogens is 2. The largest absolute Gasteiger partial charge is 0.395 e. The molecule has 1 aromatic rings. The number of nitrogens with zero attached hydrogens (tertiary/aromatic N) is 3. The van der Waals surface area contributed by atoms with Gasteiger partial charge in [-0.3, -0.25) is 9.47 Å². The summed E-state index contributed by atoms with van der Waals surface area (Å²) in [5, 5.41) is 9.42. The summed E-state index contributed by atoms with van der Waals surface area (Å²) in [4.78, 5) is 6.04. The number of alkyl halides is 2. The molecule has 0 amide bonds. The molecule has 0 radical (unpaired) electrons. The third-order valence-corrected chi connectivity index (χ3v) is 3.72. The van der Waals surface area contributed by atoms with Crippen molar-refractivity contribution in [1.29, 1.82) is 0 Å². The number of hydrogen-bond acceptors (Lipinski definition) is 3. The first-order valence-electron chi connectivity index (χ1n) is 6.28. The van der Waals surface area contributed by atoms with Crippen molar-refractivity contribution in [1.82, 2.24) is 14.5 Å². The van der Waals surface area contributed by atoms with E-state index in [1.165, 1.54) is 12.4 Å². The number of aliphatic hydroxyl groups is 1. The average Bonchev–Trinajstić information content (AvgIpc) is 2.77. The lowest BCUT2D eigenvalue weighted by molar-refractivity contribution is 0.0340. The van der Waals surface area contributed by atoms with Crippen LogP contribution in [0.5, 0.6) is 0 Å². The molecular formula is C12H19F2N3O. The standard InChI is InChI=1S/C12H19F2N3O/c1-9-3-2-5-16(10(9)8-18)7-11-15-4-6-17(11)12(13)14/h4,6,9-10,12,18H,2-3,5,7-8H2,1H3. The minimum absolute atomic E-state index is 0.0431. The van der Waals surface area contributed by atoms with E-state index in [4.69, 9.17) is 0 Å². The smallest absolute Gasteiger partial charge is 0.319 e. The summed E-state index contributed by atoms with van der Waals surface area (Å²) < 4.78 is 26.3. The van der Waals surface area contributed by atoms with E-state index < -0.39 is 6.55 Å². The zero-order chi connectivity index (χ0) is 13.1. The zero-order valence-electron chi connectivity index (χ0n) is 10.5. The van der Waals surface area contributed by atoms with Crippen molar-refractivity contribution in [3.8, 4) is 0 Å². The molecule has 1 saturated heterocycles. The fourth-order valence-electron chi connectivity index (χ4n) is 2.65. The van der Waals surface area contributed by atoms with Gasteiger partial charge in [-0.15, -0.1) is 0 Å². The minimum Gasteiger partial charge on any atom is -0.395 e. The lowest BCUT2D eigenvalue weighted by atomic mass is 9.91. The quantitative estimate of drug-likeness (QED) is 0.897. The van der Waals surface area contributed by atoms with E-state index in [9.17, 15) is 13.9 Å². The molecule has 0 bridgehead atoms. The van der Waals surface area contributed by atoms with Crippen LogP contribution in [0, 0.1) is 5.92 Å². The average molecular weight is 259 g/mol. The Balaban J connectivity index is 2.09. The van der Waals surface area contributed by atoms with E-state index in [0.717, 1.165) is 24.0 Å². The van der Waals surface area contributed by atoms with Gasteiger partial charge in [-0.05, 0) is 25.3 Å². The zero-order valence-corrected chi connectivity index (χ0v) is 10.5. The monoisotopic (exact) mass is 259 g/mol. The minimum atomic E-state index is -2.56. The number of aliphatic hydroxyl groups excluding tert-OH is 1. The third kappa shape index (κ3) is 2.70. The van der Waals surface area contributed by atoms with E-state index in [1.807, 2.05) is 0 Å². The highest BCUT2D eigenvalue weighted by Crippen LogP contribution is 2.25. The van der Waals surface area contributed by atoms with Crippen molar-refractivity contribution in [3.05, 3.63) is 18.2 Å². The number of likely N-dealkylation sites (tertiary alicyclic amines) is 1. The molecule has 4 nitrogen and oxygen atoms in total. The number of hydrogen-bond donors (Lipinski definition) is 1. The van der Waals surface area contributed by atoms with E-state index >= 15 is 0 Å². The third-order valence-electron chi connectivity index (χ3n) is 3.72. The number of piperidine rings is 1. The predicted octanol–water partition coefficient (Wildman–Crippen LogP) is 1.87. The second-order valence-corrected chi connectivity index (χ2v) is 4.87. The molecule has 1 aliphatic rings. The van der Waals surface area contributed by atoms with Crippen molar-refractivity contribution >= 4 is 0 Å². The molecule has 2 atom stereocenters. The van der Waals surface area contributed by atoms with Gasteiger partial charge < -0.3 is 5.11 Å². The number of imidazole rings is 1. The van der Waals surface area contributed by atoms with Crippen LogP contribution in [-0.2, 0) is 6.54 Å². The summed E-state index contributed by atoms with van der Waals surface area (Å²) in [6, 6.07) is 0.0431. The molecule has 6 heteroatoms. The van der Waals surface area contributed by atoms with Crippen molar-refractivity contribution in [2.24, 2.45) is 5.92 Å². The molecule has 2 rings (SSSR count). The molecule has 1 N–H and O–H groups in total. The van der Waals surface area contributed by atoms with Gasteiger partial charge in [0.25, 0.3) is 0 Å². The summed E-state index contributed by atoms with van der Waals surface area (Å²) in [6.45, 7) is 0.791. The second-order valence-electron chi connectivity index (χ2n) is 4.87. The molecule has 102 valence electrons. The summed E-state index contributed by atoms with van der Waals surface area (Å²) >= 11 is 0. The predicted molar refractivity (Wildman–Crippen MR) is 63.2 cm³/mol. The first-order chi connectivity index (χ1) is 8.63. The van der Waals surface area contributed by atoms with Crippen LogP contribution in [0.4, 0.5) is 8.78 Å². The van der Waals surface area contributed by atoms with Crippen molar-refractivity contribution in [2.45, 2.75) is 38.9 Å². The van der Waals surface area contributed by atoms with Crippen LogP contribution >= 0.6 is 0 Å². The van der Waals surface area contributed by atoms with Gasteiger partial charge in [0.2, 0.25) is 0 Å². The Labute approximate surface area is 105 Å². The van der Waals surface area contributed by atoms with Gasteiger partial charge >= 0.3 is 6.55 Å². The molecule has 1 aromatic heterocycles. The van der Waals surface area contributed by atoms with Crippen LogP contribution in [0.2, 0.25) is 0 Å². The highest BCUT2D eigenvalue weighted by Gasteiger charge is 2.29. The molecule has 0 aromatic carbocycles. The van der Waals surface area contributed by atoms with Crippen molar-refractivity contribution < 1.29 is 13.9 Å². The Hall–Kier alpha value is -1.01. The normalized spacial score (nSPS) is 25.8. The fraction of sp³-hybridized carbons (Fsp3) is 0.750. The van der Waals surface area contributed by atoms with Crippen LogP contribution in [0.3, 0.4) is 0 Å². The lowest BCUT2D eigenvalue weighted by Crippen LogP contribution is -2.46. The van der Waals surface area contributed by atoms with Crippen molar-refractivity contribution in [2.75, 3.05) is 13.2 Å².